The number of likely N-dealkylation sites (tertiary alicyclic amines) is 1. The van der Waals surface area contributed by atoms with Crippen LogP contribution in [0.2, 0.25) is 0 Å². The fourth-order valence-corrected chi connectivity index (χ4v) is 5.52. The molecule has 0 saturated carbocycles. The van der Waals surface area contributed by atoms with Gasteiger partial charge in [-0.3, -0.25) is 14.5 Å². The Balaban J connectivity index is 1.38. The molecule has 4 aliphatic rings. The predicted molar refractivity (Wildman–Crippen MR) is 100 cm³/mol. The van der Waals surface area contributed by atoms with Gasteiger partial charge in [-0.05, 0) is 37.4 Å². The lowest BCUT2D eigenvalue weighted by molar-refractivity contribution is -0.136. The molecule has 4 fully saturated rings. The fourth-order valence-electron chi connectivity index (χ4n) is 5.52. The molecule has 1 amide bonds. The maximum absolute atomic E-state index is 13.1. The molecule has 27 heavy (non-hydrogen) atoms. The van der Waals surface area contributed by atoms with Crippen molar-refractivity contribution in [1.82, 2.24) is 15.0 Å². The van der Waals surface area contributed by atoms with Crippen LogP contribution in [0.3, 0.4) is 0 Å². The smallest absolute Gasteiger partial charge is 0.280 e. The minimum Gasteiger partial charge on any atom is -0.384 e. The van der Waals surface area contributed by atoms with E-state index in [1.807, 2.05) is 0 Å². The van der Waals surface area contributed by atoms with Crippen molar-refractivity contribution in [2.24, 2.45) is 5.92 Å². The quantitative estimate of drug-likeness (QED) is 0.897. The second-order valence-corrected chi connectivity index (χ2v) is 8.10. The number of piperidine rings is 3. The highest BCUT2D eigenvalue weighted by atomic mass is 16.5. The minimum atomic E-state index is -0.250. The highest BCUT2D eigenvalue weighted by molar-refractivity contribution is 5.77. The topological polar surface area (TPSA) is 69.5 Å². The Kier molecular flexibility index (Phi) is 4.16. The molecule has 0 spiro atoms. The van der Waals surface area contributed by atoms with Crippen molar-refractivity contribution in [2.75, 3.05) is 19.6 Å². The number of hydrogen-bond donors (Lipinski definition) is 1. The number of H-pyrrole nitrogens is 1. The van der Waals surface area contributed by atoms with E-state index >= 15 is 0 Å². The zero-order valence-corrected chi connectivity index (χ0v) is 15.3. The molecule has 6 heteroatoms. The van der Waals surface area contributed by atoms with E-state index in [0.717, 1.165) is 19.6 Å². The molecule has 3 atom stereocenters. The summed E-state index contributed by atoms with van der Waals surface area (Å²) in [5.74, 6) is 1.73. The third kappa shape index (κ3) is 2.92. The molecule has 4 saturated heterocycles. The molecule has 1 N–H and O–H groups in total. The van der Waals surface area contributed by atoms with Gasteiger partial charge in [0.15, 0.2) is 0 Å². The maximum atomic E-state index is 13.1. The van der Waals surface area contributed by atoms with Crippen molar-refractivity contribution >= 4 is 5.91 Å². The number of hydrogen-bond acceptors (Lipinski definition) is 4. The highest BCUT2D eigenvalue weighted by Crippen LogP contribution is 2.46. The van der Waals surface area contributed by atoms with Gasteiger partial charge in [0.2, 0.25) is 5.91 Å². The number of rotatable bonds is 4. The molecular weight excluding hydrogens is 342 g/mol. The van der Waals surface area contributed by atoms with E-state index < -0.39 is 0 Å². The van der Waals surface area contributed by atoms with E-state index in [0.29, 0.717) is 42.5 Å². The number of aromatic nitrogens is 1. The molecule has 1 aromatic heterocycles. The van der Waals surface area contributed by atoms with Gasteiger partial charge in [-0.2, -0.15) is 5.16 Å². The molecule has 2 bridgehead atoms. The summed E-state index contributed by atoms with van der Waals surface area (Å²) in [7, 11) is 0. The third-order valence-corrected chi connectivity index (χ3v) is 6.70. The number of nitrogens with one attached hydrogen (secondary N) is 1. The zero-order valence-electron chi connectivity index (χ0n) is 15.3. The fraction of sp³-hybridized carbons (Fsp3) is 0.524. The average Bonchev–Trinajstić information content (AvgIpc) is 3.33. The molecule has 6 nitrogen and oxygen atoms in total. The van der Waals surface area contributed by atoms with Gasteiger partial charge in [-0.25, -0.2) is 0 Å². The average molecular weight is 367 g/mol. The van der Waals surface area contributed by atoms with E-state index in [-0.39, 0.29) is 11.5 Å². The van der Waals surface area contributed by atoms with Gasteiger partial charge in [-0.1, -0.05) is 30.3 Å². The molecule has 4 aliphatic heterocycles. The molecule has 142 valence electrons. The zero-order chi connectivity index (χ0) is 18.4. The van der Waals surface area contributed by atoms with Crippen LogP contribution >= 0.6 is 0 Å². The normalized spacial score (nSPS) is 31.9. The number of amides is 1. The van der Waals surface area contributed by atoms with Crippen molar-refractivity contribution in [3.8, 4) is 0 Å². The van der Waals surface area contributed by atoms with E-state index in [1.165, 1.54) is 24.5 Å². The number of aromatic amines is 1. The van der Waals surface area contributed by atoms with E-state index in [2.05, 4.69) is 45.3 Å². The third-order valence-electron chi connectivity index (χ3n) is 6.70. The van der Waals surface area contributed by atoms with Gasteiger partial charge in [0.25, 0.3) is 5.56 Å². The van der Waals surface area contributed by atoms with Gasteiger partial charge in [0.05, 0.1) is 6.04 Å². The van der Waals surface area contributed by atoms with Crippen LogP contribution in [0.25, 0.3) is 0 Å². The molecule has 2 aromatic rings. The first kappa shape index (κ1) is 16.8. The summed E-state index contributed by atoms with van der Waals surface area (Å²) in [6.45, 7) is 3.11. The van der Waals surface area contributed by atoms with Gasteiger partial charge in [0, 0.05) is 37.4 Å². The Morgan fingerprint density at radius 1 is 1.15 bits per heavy atom. The van der Waals surface area contributed by atoms with Crippen LogP contribution in [0.1, 0.15) is 36.5 Å². The summed E-state index contributed by atoms with van der Waals surface area (Å²) < 4.78 is 5.11. The van der Waals surface area contributed by atoms with Crippen LogP contribution in [0.15, 0.2) is 45.7 Å². The van der Waals surface area contributed by atoms with E-state index in [4.69, 9.17) is 4.52 Å². The molecular formula is C21H25N3O3. The number of carbonyl (C=O) groups excluding carboxylic acids is 1. The lowest BCUT2D eigenvalue weighted by atomic mass is 9.75. The summed E-state index contributed by atoms with van der Waals surface area (Å²) >= 11 is 0. The Hall–Kier alpha value is -2.34. The van der Waals surface area contributed by atoms with Crippen molar-refractivity contribution in [1.29, 1.82) is 0 Å². The monoisotopic (exact) mass is 367 g/mol. The van der Waals surface area contributed by atoms with Crippen LogP contribution in [-0.2, 0) is 11.2 Å². The van der Waals surface area contributed by atoms with Crippen molar-refractivity contribution in [3.63, 3.8) is 0 Å². The number of benzene rings is 1. The Bertz CT molecular complexity index is 866. The molecule has 0 radical (unpaired) electrons. The molecule has 5 heterocycles. The lowest BCUT2D eigenvalue weighted by Crippen LogP contribution is -2.60. The summed E-state index contributed by atoms with van der Waals surface area (Å²) in [6, 6.07) is 12.8. The van der Waals surface area contributed by atoms with Crippen LogP contribution in [0.4, 0.5) is 0 Å². The SMILES string of the molecule is O=C(CCc1cc(=O)[nH]o1)N1C[C@@H](c2ccccc2)[C@@H]2[C@H]1C1CCN2CC1. The lowest BCUT2D eigenvalue weighted by Gasteiger charge is -2.51. The summed E-state index contributed by atoms with van der Waals surface area (Å²) in [6.07, 6.45) is 3.24. The standard InChI is InChI=1S/C21H25N3O3/c25-18-12-16(27-22-18)6-7-19(26)24-13-17(14-4-2-1-3-5-14)21-20(24)15-8-10-23(21)11-9-15/h1-5,12,15,17,20-21H,6-11,13H2,(H,22,25)/t17-,20+,21+/m0/s1. The van der Waals surface area contributed by atoms with Crippen LogP contribution in [0.5, 0.6) is 0 Å². The number of fused-ring (bicyclic) bond motifs is 2. The van der Waals surface area contributed by atoms with Crippen molar-refractivity contribution in [3.05, 3.63) is 58.1 Å². The number of aryl methyl sites for hydroxylation is 1. The van der Waals surface area contributed by atoms with Crippen molar-refractivity contribution in [2.45, 2.75) is 43.7 Å². The highest BCUT2D eigenvalue weighted by Gasteiger charge is 2.54. The Morgan fingerprint density at radius 2 is 1.93 bits per heavy atom. The van der Waals surface area contributed by atoms with Crippen LogP contribution in [-0.4, -0.2) is 52.6 Å². The van der Waals surface area contributed by atoms with Crippen LogP contribution < -0.4 is 5.56 Å². The summed E-state index contributed by atoms with van der Waals surface area (Å²) in [5.41, 5.74) is 1.09. The molecule has 6 rings (SSSR count). The molecule has 1 aromatic carbocycles. The van der Waals surface area contributed by atoms with Gasteiger partial charge < -0.3 is 9.42 Å². The molecule has 0 unspecified atom stereocenters. The van der Waals surface area contributed by atoms with E-state index in [9.17, 15) is 9.59 Å². The van der Waals surface area contributed by atoms with Crippen LogP contribution in [0, 0.1) is 5.92 Å². The Labute approximate surface area is 158 Å². The summed E-state index contributed by atoms with van der Waals surface area (Å²) in [5, 5.41) is 2.30. The van der Waals surface area contributed by atoms with Crippen molar-refractivity contribution < 1.29 is 9.32 Å². The number of nitrogens with zero attached hydrogens (tertiary/aromatic N) is 2. The van der Waals surface area contributed by atoms with Gasteiger partial charge in [0.1, 0.15) is 5.76 Å². The minimum absolute atomic E-state index is 0.182. The van der Waals surface area contributed by atoms with E-state index in [1.54, 1.807) is 0 Å². The summed E-state index contributed by atoms with van der Waals surface area (Å²) in [4.78, 5) is 29.1. The van der Waals surface area contributed by atoms with Gasteiger partial charge >= 0.3 is 0 Å². The first-order chi connectivity index (χ1) is 13.2. The molecule has 0 aliphatic carbocycles. The maximum Gasteiger partial charge on any atom is 0.280 e. The Morgan fingerprint density at radius 3 is 2.63 bits per heavy atom. The largest absolute Gasteiger partial charge is 0.384 e. The number of carbonyl (C=O) groups is 1. The van der Waals surface area contributed by atoms with Gasteiger partial charge in [-0.15, -0.1) is 0 Å². The first-order valence-electron chi connectivity index (χ1n) is 9.96. The second kappa shape index (κ2) is 6.68. The second-order valence-electron chi connectivity index (χ2n) is 8.10. The first-order valence-corrected chi connectivity index (χ1v) is 9.96. The predicted octanol–water partition coefficient (Wildman–Crippen LogP) is 1.99.